The van der Waals surface area contributed by atoms with E-state index < -0.39 is 0 Å². The number of aromatic hydroxyl groups is 1. The van der Waals surface area contributed by atoms with Gasteiger partial charge in [0.2, 0.25) is 0 Å². The molecular weight excluding hydrogens is 256 g/mol. The summed E-state index contributed by atoms with van der Waals surface area (Å²) in [7, 11) is 0. The molecule has 0 saturated carbocycles. The second kappa shape index (κ2) is 6.51. The second-order valence-corrected chi connectivity index (χ2v) is 4.04. The van der Waals surface area contributed by atoms with E-state index in [1.807, 2.05) is 13.0 Å². The molecule has 6 nitrogen and oxygen atoms in total. The molecule has 0 spiro atoms. The Kier molecular flexibility index (Phi) is 4.49. The zero-order chi connectivity index (χ0) is 14.4. The van der Waals surface area contributed by atoms with Crippen molar-refractivity contribution in [2.45, 2.75) is 13.3 Å². The van der Waals surface area contributed by atoms with E-state index in [4.69, 9.17) is 4.74 Å². The lowest BCUT2D eigenvalue weighted by Gasteiger charge is -2.10. The summed E-state index contributed by atoms with van der Waals surface area (Å²) in [6, 6.07) is 3.58. The van der Waals surface area contributed by atoms with Gasteiger partial charge in [0.25, 0.3) is 0 Å². The van der Waals surface area contributed by atoms with Gasteiger partial charge in [0.05, 0.1) is 12.8 Å². The zero-order valence-corrected chi connectivity index (χ0v) is 11.2. The first-order valence-electron chi connectivity index (χ1n) is 6.23. The number of ether oxygens (including phenoxy) is 1. The number of allylic oxidation sites excluding steroid dienone is 1. The molecule has 1 N–H and O–H groups in total. The first-order valence-corrected chi connectivity index (χ1v) is 6.23. The van der Waals surface area contributed by atoms with Gasteiger partial charge in [0, 0.05) is 5.56 Å². The van der Waals surface area contributed by atoms with Crippen molar-refractivity contribution >= 4 is 6.21 Å². The van der Waals surface area contributed by atoms with Crippen LogP contribution in [-0.4, -0.2) is 32.8 Å². The Morgan fingerprint density at radius 3 is 2.80 bits per heavy atom. The van der Waals surface area contributed by atoms with Gasteiger partial charge >= 0.3 is 0 Å². The molecule has 0 amide bonds. The van der Waals surface area contributed by atoms with Crippen LogP contribution in [0, 0.1) is 0 Å². The summed E-state index contributed by atoms with van der Waals surface area (Å²) in [6.45, 7) is 6.03. The summed E-state index contributed by atoms with van der Waals surface area (Å²) in [5.41, 5.74) is 1.56. The van der Waals surface area contributed by atoms with Crippen molar-refractivity contribution in [3.63, 3.8) is 0 Å². The number of nitrogens with zero attached hydrogens (tertiary/aromatic N) is 4. The van der Waals surface area contributed by atoms with E-state index in [1.165, 1.54) is 17.3 Å². The minimum absolute atomic E-state index is 0.146. The van der Waals surface area contributed by atoms with E-state index in [2.05, 4.69) is 21.9 Å². The Hall–Kier alpha value is -2.63. The van der Waals surface area contributed by atoms with Gasteiger partial charge in [0.15, 0.2) is 11.5 Å². The van der Waals surface area contributed by atoms with Gasteiger partial charge in [-0.25, -0.2) is 4.68 Å². The van der Waals surface area contributed by atoms with Crippen LogP contribution in [0.25, 0.3) is 0 Å². The van der Waals surface area contributed by atoms with Crippen LogP contribution in [-0.2, 0) is 6.42 Å². The Morgan fingerprint density at radius 2 is 2.15 bits per heavy atom. The molecule has 2 aromatic rings. The van der Waals surface area contributed by atoms with E-state index in [0.29, 0.717) is 18.8 Å². The van der Waals surface area contributed by atoms with Gasteiger partial charge in [-0.05, 0) is 31.0 Å². The van der Waals surface area contributed by atoms with Crippen molar-refractivity contribution in [3.8, 4) is 11.5 Å². The normalized spacial score (nSPS) is 10.8. The van der Waals surface area contributed by atoms with Crippen LogP contribution in [0.15, 0.2) is 42.5 Å². The largest absolute Gasteiger partial charge is 0.504 e. The quantitative estimate of drug-likeness (QED) is 0.644. The Balaban J connectivity index is 2.34. The maximum atomic E-state index is 10.1. The van der Waals surface area contributed by atoms with E-state index in [-0.39, 0.29) is 5.75 Å². The third-order valence-electron chi connectivity index (χ3n) is 2.59. The standard InChI is InChI=1S/C14H16N4O2/c1-3-5-12-6-11(7-13(14(12)19)20-4-2)8-17-18-9-15-16-10-18/h3,6-10,19H,1,4-5H2,2H3/b17-8-. The molecule has 0 bridgehead atoms. The first-order chi connectivity index (χ1) is 9.74. The number of aromatic nitrogens is 3. The van der Waals surface area contributed by atoms with Crippen molar-refractivity contribution in [1.29, 1.82) is 0 Å². The zero-order valence-electron chi connectivity index (χ0n) is 11.2. The highest BCUT2D eigenvalue weighted by atomic mass is 16.5. The van der Waals surface area contributed by atoms with Gasteiger partial charge < -0.3 is 9.84 Å². The summed E-state index contributed by atoms with van der Waals surface area (Å²) in [5.74, 6) is 0.588. The van der Waals surface area contributed by atoms with Crippen molar-refractivity contribution in [2.24, 2.45) is 5.10 Å². The number of phenols is 1. The maximum Gasteiger partial charge on any atom is 0.161 e. The fourth-order valence-electron chi connectivity index (χ4n) is 1.73. The highest BCUT2D eigenvalue weighted by molar-refractivity contribution is 5.81. The fraction of sp³-hybridized carbons (Fsp3) is 0.214. The van der Waals surface area contributed by atoms with Gasteiger partial charge in [-0.1, -0.05) is 6.08 Å². The molecule has 2 rings (SSSR count). The van der Waals surface area contributed by atoms with Crippen molar-refractivity contribution < 1.29 is 9.84 Å². The highest BCUT2D eigenvalue weighted by Crippen LogP contribution is 2.31. The monoisotopic (exact) mass is 272 g/mol. The third-order valence-corrected chi connectivity index (χ3v) is 2.59. The SMILES string of the molecule is C=CCc1cc(/C=N\n2cnnc2)cc(OCC)c1O. The molecule has 0 fully saturated rings. The van der Waals surface area contributed by atoms with Crippen LogP contribution < -0.4 is 4.74 Å². The molecule has 0 unspecified atom stereocenters. The molecule has 104 valence electrons. The average molecular weight is 272 g/mol. The van der Waals surface area contributed by atoms with Crippen molar-refractivity contribution in [1.82, 2.24) is 14.9 Å². The molecule has 0 aliphatic heterocycles. The number of rotatable bonds is 6. The molecule has 0 aliphatic carbocycles. The van der Waals surface area contributed by atoms with Gasteiger partial charge in [-0.2, -0.15) is 5.10 Å². The molecule has 6 heteroatoms. The van der Waals surface area contributed by atoms with Crippen LogP contribution in [0.2, 0.25) is 0 Å². The van der Waals surface area contributed by atoms with Crippen LogP contribution in [0.5, 0.6) is 11.5 Å². The van der Waals surface area contributed by atoms with Gasteiger partial charge in [-0.3, -0.25) is 0 Å². The molecule has 0 saturated heterocycles. The maximum absolute atomic E-state index is 10.1. The number of hydrogen-bond donors (Lipinski definition) is 1. The van der Waals surface area contributed by atoms with Gasteiger partial charge in [-0.15, -0.1) is 16.8 Å². The molecule has 1 aromatic carbocycles. The summed E-state index contributed by atoms with van der Waals surface area (Å²) in [4.78, 5) is 0. The molecule has 0 radical (unpaired) electrons. The number of benzene rings is 1. The molecule has 20 heavy (non-hydrogen) atoms. The van der Waals surface area contributed by atoms with E-state index in [0.717, 1.165) is 11.1 Å². The summed E-state index contributed by atoms with van der Waals surface area (Å²) < 4.78 is 6.91. The summed E-state index contributed by atoms with van der Waals surface area (Å²) >= 11 is 0. The fourth-order valence-corrected chi connectivity index (χ4v) is 1.73. The molecule has 0 atom stereocenters. The average Bonchev–Trinajstić information content (AvgIpc) is 2.95. The predicted molar refractivity (Wildman–Crippen MR) is 76.2 cm³/mol. The molecule has 1 heterocycles. The first kappa shape index (κ1) is 13.8. The van der Waals surface area contributed by atoms with E-state index in [1.54, 1.807) is 18.4 Å². The van der Waals surface area contributed by atoms with Crippen LogP contribution in [0.1, 0.15) is 18.1 Å². The van der Waals surface area contributed by atoms with E-state index >= 15 is 0 Å². The smallest absolute Gasteiger partial charge is 0.161 e. The lowest BCUT2D eigenvalue weighted by atomic mass is 10.1. The van der Waals surface area contributed by atoms with E-state index in [9.17, 15) is 5.11 Å². The summed E-state index contributed by atoms with van der Waals surface area (Å²) in [6.07, 6.45) is 6.92. The molecule has 1 aromatic heterocycles. The minimum Gasteiger partial charge on any atom is -0.504 e. The second-order valence-electron chi connectivity index (χ2n) is 4.04. The lowest BCUT2D eigenvalue weighted by Crippen LogP contribution is -1.97. The Morgan fingerprint density at radius 1 is 1.40 bits per heavy atom. The Bertz CT molecular complexity index is 606. The topological polar surface area (TPSA) is 72.5 Å². The number of phenolic OH excluding ortho intramolecular Hbond substituents is 1. The lowest BCUT2D eigenvalue weighted by molar-refractivity contribution is 0.317. The molecule has 0 aliphatic rings. The van der Waals surface area contributed by atoms with Crippen LogP contribution >= 0.6 is 0 Å². The Labute approximate surface area is 117 Å². The van der Waals surface area contributed by atoms with Crippen LogP contribution in [0.3, 0.4) is 0 Å². The third kappa shape index (κ3) is 3.23. The highest BCUT2D eigenvalue weighted by Gasteiger charge is 2.09. The minimum atomic E-state index is 0.146. The van der Waals surface area contributed by atoms with Crippen LogP contribution in [0.4, 0.5) is 0 Å². The predicted octanol–water partition coefficient (Wildman–Crippen LogP) is 1.99. The summed E-state index contributed by atoms with van der Waals surface area (Å²) in [5, 5.41) is 21.6. The molecular formula is C14H16N4O2. The van der Waals surface area contributed by atoms with Crippen molar-refractivity contribution in [3.05, 3.63) is 48.6 Å². The number of hydrogen-bond acceptors (Lipinski definition) is 5. The van der Waals surface area contributed by atoms with Gasteiger partial charge in [0.1, 0.15) is 12.7 Å². The van der Waals surface area contributed by atoms with Crippen molar-refractivity contribution in [2.75, 3.05) is 6.61 Å².